The zero-order valence-corrected chi connectivity index (χ0v) is 10.8. The van der Waals surface area contributed by atoms with Crippen molar-refractivity contribution in [3.8, 4) is 0 Å². The van der Waals surface area contributed by atoms with E-state index in [1.54, 1.807) is 0 Å². The van der Waals surface area contributed by atoms with Gasteiger partial charge in [0.05, 0.1) is 5.92 Å². The van der Waals surface area contributed by atoms with Crippen LogP contribution in [0.1, 0.15) is 32.1 Å². The summed E-state index contributed by atoms with van der Waals surface area (Å²) < 4.78 is 0. The van der Waals surface area contributed by atoms with Crippen molar-refractivity contribution >= 4 is 5.97 Å². The van der Waals surface area contributed by atoms with Gasteiger partial charge >= 0.3 is 5.97 Å². The monoisotopic (exact) mass is 240 g/mol. The summed E-state index contributed by atoms with van der Waals surface area (Å²) in [4.78, 5) is 15.7. The topological polar surface area (TPSA) is 43.8 Å². The highest BCUT2D eigenvalue weighted by Crippen LogP contribution is 2.21. The van der Waals surface area contributed by atoms with Crippen LogP contribution in [0.4, 0.5) is 0 Å². The molecule has 4 nitrogen and oxygen atoms in total. The molecule has 17 heavy (non-hydrogen) atoms. The Bertz CT molecular complexity index is 270. The summed E-state index contributed by atoms with van der Waals surface area (Å²) in [6.07, 6.45) is 6.02. The molecule has 0 spiro atoms. The maximum Gasteiger partial charge on any atom is 0.307 e. The number of piperidine rings is 1. The van der Waals surface area contributed by atoms with E-state index in [0.29, 0.717) is 6.04 Å². The summed E-state index contributed by atoms with van der Waals surface area (Å²) >= 11 is 0. The Morgan fingerprint density at radius 3 is 2.76 bits per heavy atom. The van der Waals surface area contributed by atoms with E-state index in [1.807, 2.05) is 0 Å². The average molecular weight is 240 g/mol. The second kappa shape index (κ2) is 5.83. The molecule has 0 bridgehead atoms. The van der Waals surface area contributed by atoms with Gasteiger partial charge in [0.15, 0.2) is 0 Å². The van der Waals surface area contributed by atoms with Gasteiger partial charge in [-0.15, -0.1) is 0 Å². The lowest BCUT2D eigenvalue weighted by atomic mass is 10.00. The molecule has 0 aromatic heterocycles. The normalized spacial score (nSPS) is 31.8. The summed E-state index contributed by atoms with van der Waals surface area (Å²) in [6.45, 7) is 4.01. The number of carboxylic acid groups (broad SMARTS) is 1. The van der Waals surface area contributed by atoms with Crippen LogP contribution in [-0.4, -0.2) is 60.1 Å². The minimum Gasteiger partial charge on any atom is -0.481 e. The van der Waals surface area contributed by atoms with Crippen molar-refractivity contribution < 1.29 is 9.90 Å². The van der Waals surface area contributed by atoms with Gasteiger partial charge in [-0.25, -0.2) is 0 Å². The molecular weight excluding hydrogens is 216 g/mol. The van der Waals surface area contributed by atoms with Gasteiger partial charge in [-0.1, -0.05) is 6.42 Å². The standard InChI is InChI=1S/C13H24N2O2/c1-14-7-3-2-4-12(14)6-9-15-8-5-11(10-15)13(16)17/h11-12H,2-10H2,1H3,(H,16,17). The van der Waals surface area contributed by atoms with Gasteiger partial charge in [0.1, 0.15) is 0 Å². The highest BCUT2D eigenvalue weighted by Gasteiger charge is 2.28. The molecule has 0 aromatic rings. The fourth-order valence-electron chi connectivity index (χ4n) is 3.08. The third-order valence-corrected chi connectivity index (χ3v) is 4.32. The number of hydrogen-bond acceptors (Lipinski definition) is 3. The lowest BCUT2D eigenvalue weighted by molar-refractivity contribution is -0.141. The van der Waals surface area contributed by atoms with Crippen LogP contribution in [0.3, 0.4) is 0 Å². The van der Waals surface area contributed by atoms with Gasteiger partial charge in [0, 0.05) is 12.6 Å². The maximum atomic E-state index is 10.9. The Morgan fingerprint density at radius 1 is 1.29 bits per heavy atom. The van der Waals surface area contributed by atoms with Crippen LogP contribution in [0.5, 0.6) is 0 Å². The quantitative estimate of drug-likeness (QED) is 0.803. The van der Waals surface area contributed by atoms with Crippen molar-refractivity contribution in [2.24, 2.45) is 5.92 Å². The summed E-state index contributed by atoms with van der Waals surface area (Å²) in [5, 5.41) is 8.96. The molecule has 2 saturated heterocycles. The van der Waals surface area contributed by atoms with E-state index in [1.165, 1.54) is 32.2 Å². The Hall–Kier alpha value is -0.610. The predicted molar refractivity (Wildman–Crippen MR) is 67.1 cm³/mol. The molecule has 2 fully saturated rings. The molecule has 2 aliphatic heterocycles. The largest absolute Gasteiger partial charge is 0.481 e. The second-order valence-electron chi connectivity index (χ2n) is 5.54. The molecule has 0 aromatic carbocycles. The first-order valence-electron chi connectivity index (χ1n) is 6.82. The number of likely N-dealkylation sites (tertiary alicyclic amines) is 2. The molecule has 2 unspecified atom stereocenters. The third-order valence-electron chi connectivity index (χ3n) is 4.32. The Kier molecular flexibility index (Phi) is 4.40. The van der Waals surface area contributed by atoms with E-state index in [2.05, 4.69) is 16.8 Å². The zero-order chi connectivity index (χ0) is 12.3. The van der Waals surface area contributed by atoms with E-state index >= 15 is 0 Å². The maximum absolute atomic E-state index is 10.9. The van der Waals surface area contributed by atoms with Gasteiger partial charge in [-0.05, 0) is 52.4 Å². The summed E-state index contributed by atoms with van der Waals surface area (Å²) in [7, 11) is 2.22. The van der Waals surface area contributed by atoms with Crippen LogP contribution in [0.15, 0.2) is 0 Å². The van der Waals surface area contributed by atoms with Crippen molar-refractivity contribution in [2.45, 2.75) is 38.1 Å². The number of hydrogen-bond donors (Lipinski definition) is 1. The van der Waals surface area contributed by atoms with E-state index < -0.39 is 5.97 Å². The Balaban J connectivity index is 1.70. The fraction of sp³-hybridized carbons (Fsp3) is 0.923. The van der Waals surface area contributed by atoms with Gasteiger partial charge in [-0.2, -0.15) is 0 Å². The zero-order valence-electron chi connectivity index (χ0n) is 10.8. The highest BCUT2D eigenvalue weighted by atomic mass is 16.4. The molecule has 0 radical (unpaired) electrons. The summed E-state index contributed by atoms with van der Waals surface area (Å²) in [6, 6.07) is 0.715. The van der Waals surface area contributed by atoms with E-state index in [4.69, 9.17) is 5.11 Å². The molecule has 2 heterocycles. The minimum absolute atomic E-state index is 0.126. The fourth-order valence-corrected chi connectivity index (χ4v) is 3.08. The van der Waals surface area contributed by atoms with E-state index in [0.717, 1.165) is 26.1 Å². The number of aliphatic carboxylic acids is 1. The second-order valence-corrected chi connectivity index (χ2v) is 5.54. The highest BCUT2D eigenvalue weighted by molar-refractivity contribution is 5.70. The van der Waals surface area contributed by atoms with Crippen molar-refractivity contribution in [1.82, 2.24) is 9.80 Å². The van der Waals surface area contributed by atoms with Crippen LogP contribution in [0, 0.1) is 5.92 Å². The molecule has 4 heteroatoms. The predicted octanol–water partition coefficient (Wildman–Crippen LogP) is 1.27. The van der Waals surface area contributed by atoms with E-state index in [9.17, 15) is 4.79 Å². The van der Waals surface area contributed by atoms with Crippen molar-refractivity contribution in [1.29, 1.82) is 0 Å². The molecule has 98 valence electrons. The Morgan fingerprint density at radius 2 is 2.12 bits per heavy atom. The average Bonchev–Trinajstić information content (AvgIpc) is 2.77. The lowest BCUT2D eigenvalue weighted by Gasteiger charge is -2.33. The summed E-state index contributed by atoms with van der Waals surface area (Å²) in [5.41, 5.74) is 0. The smallest absolute Gasteiger partial charge is 0.307 e. The number of nitrogens with zero attached hydrogens (tertiary/aromatic N) is 2. The van der Waals surface area contributed by atoms with Crippen LogP contribution in [-0.2, 0) is 4.79 Å². The van der Waals surface area contributed by atoms with Gasteiger partial charge in [0.25, 0.3) is 0 Å². The first-order valence-corrected chi connectivity index (χ1v) is 6.82. The van der Waals surface area contributed by atoms with Crippen LogP contribution < -0.4 is 0 Å². The molecule has 2 rings (SSSR count). The SMILES string of the molecule is CN1CCCCC1CCN1CCC(C(=O)O)C1. The van der Waals surface area contributed by atoms with Crippen LogP contribution in [0.2, 0.25) is 0 Å². The molecule has 2 aliphatic rings. The lowest BCUT2D eigenvalue weighted by Crippen LogP contribution is -2.38. The van der Waals surface area contributed by atoms with Crippen molar-refractivity contribution in [3.63, 3.8) is 0 Å². The van der Waals surface area contributed by atoms with Crippen molar-refractivity contribution in [3.05, 3.63) is 0 Å². The first-order chi connectivity index (χ1) is 8.16. The van der Waals surface area contributed by atoms with Crippen molar-refractivity contribution in [2.75, 3.05) is 33.2 Å². The molecule has 1 N–H and O–H groups in total. The molecule has 2 atom stereocenters. The number of rotatable bonds is 4. The Labute approximate surface area is 104 Å². The summed E-state index contributed by atoms with van der Waals surface area (Å²) in [5.74, 6) is -0.749. The molecular formula is C13H24N2O2. The first kappa shape index (κ1) is 12.8. The van der Waals surface area contributed by atoms with Gasteiger partial charge in [-0.3, -0.25) is 4.79 Å². The number of carbonyl (C=O) groups is 1. The van der Waals surface area contributed by atoms with Gasteiger partial charge < -0.3 is 14.9 Å². The van der Waals surface area contributed by atoms with Gasteiger partial charge in [0.2, 0.25) is 0 Å². The van der Waals surface area contributed by atoms with E-state index in [-0.39, 0.29) is 5.92 Å². The minimum atomic E-state index is -0.623. The van der Waals surface area contributed by atoms with Crippen LogP contribution in [0.25, 0.3) is 0 Å². The molecule has 0 saturated carbocycles. The number of carboxylic acids is 1. The van der Waals surface area contributed by atoms with Crippen LogP contribution >= 0.6 is 0 Å². The molecule has 0 aliphatic carbocycles. The molecule has 0 amide bonds. The third kappa shape index (κ3) is 3.42.